The molecular formula is C13H18N2O2. The molecule has 0 saturated heterocycles. The number of aromatic nitrogens is 1. The van der Waals surface area contributed by atoms with Crippen molar-refractivity contribution in [1.29, 1.82) is 0 Å². The molecule has 1 amide bonds. The van der Waals surface area contributed by atoms with Crippen LogP contribution in [-0.4, -0.2) is 17.4 Å². The molecule has 1 heterocycles. The van der Waals surface area contributed by atoms with Gasteiger partial charge in [0.1, 0.15) is 5.56 Å². The van der Waals surface area contributed by atoms with E-state index in [1.54, 1.807) is 6.92 Å². The van der Waals surface area contributed by atoms with E-state index in [1.807, 2.05) is 0 Å². The molecule has 2 N–H and O–H groups in total. The zero-order chi connectivity index (χ0) is 12.3. The van der Waals surface area contributed by atoms with Gasteiger partial charge in [0.25, 0.3) is 5.91 Å². The van der Waals surface area contributed by atoms with E-state index in [0.29, 0.717) is 6.54 Å². The summed E-state index contributed by atoms with van der Waals surface area (Å²) in [4.78, 5) is 26.2. The Morgan fingerprint density at radius 3 is 2.88 bits per heavy atom. The molecule has 1 aliphatic carbocycles. The molecule has 1 saturated carbocycles. The van der Waals surface area contributed by atoms with Gasteiger partial charge >= 0.3 is 0 Å². The number of amides is 1. The van der Waals surface area contributed by atoms with Crippen LogP contribution < -0.4 is 10.7 Å². The van der Waals surface area contributed by atoms with Crippen LogP contribution in [0.25, 0.3) is 0 Å². The molecule has 1 aliphatic rings. The van der Waals surface area contributed by atoms with Crippen LogP contribution in [0.5, 0.6) is 0 Å². The van der Waals surface area contributed by atoms with Gasteiger partial charge in [-0.15, -0.1) is 0 Å². The molecule has 1 aromatic heterocycles. The van der Waals surface area contributed by atoms with Gasteiger partial charge in [0.2, 0.25) is 0 Å². The Bertz CT molecular complexity index is 461. The van der Waals surface area contributed by atoms with Crippen LogP contribution in [0.3, 0.4) is 0 Å². The first-order valence-electron chi connectivity index (χ1n) is 6.14. The monoisotopic (exact) mass is 234 g/mol. The molecule has 1 aromatic rings. The quantitative estimate of drug-likeness (QED) is 0.831. The van der Waals surface area contributed by atoms with Crippen LogP contribution in [0, 0.1) is 12.8 Å². The lowest BCUT2D eigenvalue weighted by molar-refractivity contribution is 0.0947. The highest BCUT2D eigenvalue weighted by Crippen LogP contribution is 2.28. The molecule has 4 heteroatoms. The summed E-state index contributed by atoms with van der Waals surface area (Å²) in [7, 11) is 0. The molecule has 0 unspecified atom stereocenters. The van der Waals surface area contributed by atoms with Crippen LogP contribution >= 0.6 is 0 Å². The summed E-state index contributed by atoms with van der Waals surface area (Å²) >= 11 is 0. The Kier molecular flexibility index (Phi) is 3.61. The van der Waals surface area contributed by atoms with E-state index in [9.17, 15) is 9.59 Å². The summed E-state index contributed by atoms with van der Waals surface area (Å²) in [6.45, 7) is 2.45. The Balaban J connectivity index is 1.87. The molecule has 17 heavy (non-hydrogen) atoms. The second-order valence-corrected chi connectivity index (χ2v) is 4.74. The third-order valence-electron chi connectivity index (χ3n) is 3.36. The van der Waals surface area contributed by atoms with E-state index in [0.717, 1.165) is 18.0 Å². The number of pyridine rings is 1. The molecule has 0 aromatic carbocycles. The maximum absolute atomic E-state index is 11.7. The van der Waals surface area contributed by atoms with Gasteiger partial charge in [0, 0.05) is 24.5 Å². The standard InChI is InChI=1S/C13H18N2O2/c1-9-7-12(16)11(8-15-9)13(17)14-6-5-10-3-2-4-10/h7-8,10H,2-6H2,1H3,(H,14,17)(H,15,16). The molecule has 92 valence electrons. The van der Waals surface area contributed by atoms with Crippen molar-refractivity contribution in [2.75, 3.05) is 6.54 Å². The topological polar surface area (TPSA) is 62.0 Å². The molecule has 0 atom stereocenters. The number of aryl methyl sites for hydroxylation is 1. The number of rotatable bonds is 4. The van der Waals surface area contributed by atoms with Gasteiger partial charge < -0.3 is 10.3 Å². The Morgan fingerprint density at radius 2 is 2.29 bits per heavy atom. The summed E-state index contributed by atoms with van der Waals surface area (Å²) in [6.07, 6.45) is 6.38. The summed E-state index contributed by atoms with van der Waals surface area (Å²) < 4.78 is 0. The third kappa shape index (κ3) is 2.96. The van der Waals surface area contributed by atoms with Crippen molar-refractivity contribution in [2.45, 2.75) is 32.6 Å². The van der Waals surface area contributed by atoms with E-state index in [2.05, 4.69) is 10.3 Å². The maximum atomic E-state index is 11.7. The van der Waals surface area contributed by atoms with Gasteiger partial charge in [-0.1, -0.05) is 19.3 Å². The zero-order valence-electron chi connectivity index (χ0n) is 10.1. The average Bonchev–Trinajstić information content (AvgIpc) is 2.21. The van der Waals surface area contributed by atoms with Crippen molar-refractivity contribution < 1.29 is 4.79 Å². The van der Waals surface area contributed by atoms with Gasteiger partial charge in [-0.2, -0.15) is 0 Å². The number of aromatic amines is 1. The van der Waals surface area contributed by atoms with Gasteiger partial charge in [-0.25, -0.2) is 0 Å². The Morgan fingerprint density at radius 1 is 1.53 bits per heavy atom. The smallest absolute Gasteiger partial charge is 0.256 e. The largest absolute Gasteiger partial charge is 0.364 e. The molecular weight excluding hydrogens is 216 g/mol. The fraction of sp³-hybridized carbons (Fsp3) is 0.538. The van der Waals surface area contributed by atoms with E-state index < -0.39 is 0 Å². The molecule has 0 spiro atoms. The Hall–Kier alpha value is -1.58. The maximum Gasteiger partial charge on any atom is 0.256 e. The highest BCUT2D eigenvalue weighted by atomic mass is 16.2. The first-order chi connectivity index (χ1) is 8.16. The highest BCUT2D eigenvalue weighted by molar-refractivity contribution is 5.93. The lowest BCUT2D eigenvalue weighted by Crippen LogP contribution is -2.31. The minimum Gasteiger partial charge on any atom is -0.364 e. The molecule has 0 radical (unpaired) electrons. The van der Waals surface area contributed by atoms with Gasteiger partial charge in [0.15, 0.2) is 5.43 Å². The van der Waals surface area contributed by atoms with Gasteiger partial charge in [-0.3, -0.25) is 9.59 Å². The molecule has 2 rings (SSSR count). The van der Waals surface area contributed by atoms with Gasteiger partial charge in [0.05, 0.1) is 0 Å². The van der Waals surface area contributed by atoms with Crippen molar-refractivity contribution in [3.05, 3.63) is 33.7 Å². The summed E-state index contributed by atoms with van der Waals surface area (Å²) in [6, 6.07) is 1.45. The van der Waals surface area contributed by atoms with Crippen molar-refractivity contribution in [2.24, 2.45) is 5.92 Å². The van der Waals surface area contributed by atoms with Gasteiger partial charge in [-0.05, 0) is 19.3 Å². The average molecular weight is 234 g/mol. The van der Waals surface area contributed by atoms with Crippen molar-refractivity contribution >= 4 is 5.91 Å². The zero-order valence-corrected chi connectivity index (χ0v) is 10.1. The SMILES string of the molecule is Cc1cc(=O)c(C(=O)NCCC2CCC2)c[nH]1. The fourth-order valence-electron chi connectivity index (χ4n) is 2.02. The number of H-pyrrole nitrogens is 1. The fourth-order valence-corrected chi connectivity index (χ4v) is 2.02. The van der Waals surface area contributed by atoms with Crippen LogP contribution in [0.15, 0.2) is 17.1 Å². The van der Waals surface area contributed by atoms with Crippen LogP contribution in [0.4, 0.5) is 0 Å². The van der Waals surface area contributed by atoms with E-state index >= 15 is 0 Å². The predicted octanol–water partition coefficient (Wildman–Crippen LogP) is 1.60. The van der Waals surface area contributed by atoms with Crippen molar-refractivity contribution in [3.8, 4) is 0 Å². The molecule has 4 nitrogen and oxygen atoms in total. The number of nitrogens with one attached hydrogen (secondary N) is 2. The summed E-state index contributed by atoms with van der Waals surface area (Å²) in [5, 5.41) is 2.80. The van der Waals surface area contributed by atoms with Crippen LogP contribution in [-0.2, 0) is 0 Å². The number of hydrogen-bond acceptors (Lipinski definition) is 2. The number of carbonyl (C=O) groups is 1. The number of carbonyl (C=O) groups excluding carboxylic acids is 1. The van der Waals surface area contributed by atoms with E-state index in [4.69, 9.17) is 0 Å². The van der Waals surface area contributed by atoms with Crippen molar-refractivity contribution in [1.82, 2.24) is 10.3 Å². The molecule has 1 fully saturated rings. The summed E-state index contributed by atoms with van der Waals surface area (Å²) in [5.74, 6) is 0.497. The first kappa shape index (κ1) is 11.9. The summed E-state index contributed by atoms with van der Waals surface area (Å²) in [5.41, 5.74) is 0.743. The van der Waals surface area contributed by atoms with E-state index in [1.165, 1.54) is 31.5 Å². The molecule has 0 bridgehead atoms. The number of hydrogen-bond donors (Lipinski definition) is 2. The predicted molar refractivity (Wildman–Crippen MR) is 66.1 cm³/mol. The molecule has 0 aliphatic heterocycles. The normalized spacial score (nSPS) is 15.4. The highest BCUT2D eigenvalue weighted by Gasteiger charge is 2.17. The minimum atomic E-state index is -0.273. The lowest BCUT2D eigenvalue weighted by Gasteiger charge is -2.25. The van der Waals surface area contributed by atoms with Crippen LogP contribution in [0.2, 0.25) is 0 Å². The van der Waals surface area contributed by atoms with E-state index in [-0.39, 0.29) is 16.9 Å². The lowest BCUT2D eigenvalue weighted by atomic mass is 9.83. The third-order valence-corrected chi connectivity index (χ3v) is 3.36. The van der Waals surface area contributed by atoms with Crippen molar-refractivity contribution in [3.63, 3.8) is 0 Å². The minimum absolute atomic E-state index is 0.198. The first-order valence-corrected chi connectivity index (χ1v) is 6.14. The Labute approximate surface area is 100 Å². The second kappa shape index (κ2) is 5.17. The van der Waals surface area contributed by atoms with Crippen LogP contribution in [0.1, 0.15) is 41.7 Å². The second-order valence-electron chi connectivity index (χ2n) is 4.74.